The maximum absolute atomic E-state index is 13.3. The summed E-state index contributed by atoms with van der Waals surface area (Å²) in [5.74, 6) is -0.117. The van der Waals surface area contributed by atoms with Gasteiger partial charge in [-0.3, -0.25) is 4.79 Å². The van der Waals surface area contributed by atoms with Gasteiger partial charge in [-0.05, 0) is 29.8 Å². The third kappa shape index (κ3) is 4.07. The van der Waals surface area contributed by atoms with Gasteiger partial charge in [-0.15, -0.1) is 0 Å². The summed E-state index contributed by atoms with van der Waals surface area (Å²) in [6.45, 7) is 1.76. The highest BCUT2D eigenvalue weighted by Crippen LogP contribution is 2.27. The summed E-state index contributed by atoms with van der Waals surface area (Å²) >= 11 is 6.12. The Balaban J connectivity index is 1.56. The third-order valence-corrected chi connectivity index (χ3v) is 5.50. The van der Waals surface area contributed by atoms with E-state index in [0.29, 0.717) is 31.1 Å². The van der Waals surface area contributed by atoms with Crippen molar-refractivity contribution in [3.63, 3.8) is 0 Å². The van der Waals surface area contributed by atoms with Crippen LogP contribution in [0, 0.1) is 0 Å². The van der Waals surface area contributed by atoms with Crippen LogP contribution in [-0.2, 0) is 29.0 Å². The molecule has 0 radical (unpaired) electrons. The maximum Gasteiger partial charge on any atom is 0.407 e. The first-order chi connectivity index (χ1) is 14.0. The van der Waals surface area contributed by atoms with Crippen molar-refractivity contribution in [3.05, 3.63) is 70.9 Å². The van der Waals surface area contributed by atoms with E-state index >= 15 is 0 Å². The molecule has 29 heavy (non-hydrogen) atoms. The van der Waals surface area contributed by atoms with Gasteiger partial charge in [0, 0.05) is 41.1 Å². The summed E-state index contributed by atoms with van der Waals surface area (Å²) < 4.78 is 6.94. The Labute approximate surface area is 174 Å². The Morgan fingerprint density at radius 3 is 2.69 bits per heavy atom. The summed E-state index contributed by atoms with van der Waals surface area (Å²) in [5.41, 5.74) is 3.14. The lowest BCUT2D eigenvalue weighted by Gasteiger charge is -2.32. The molecule has 0 fully saturated rings. The minimum atomic E-state index is -0.685. The zero-order valence-electron chi connectivity index (χ0n) is 16.1. The fraction of sp³-hybridized carbons (Fsp3) is 0.273. The topological polar surface area (TPSA) is 63.6 Å². The SMILES string of the molecule is COC(=O)NC(Cc1ccccc1)C(=O)N1CCn2c(cc3cc(Cl)ccc32)C1. The first-order valence-corrected chi connectivity index (χ1v) is 9.88. The predicted molar refractivity (Wildman–Crippen MR) is 112 cm³/mol. The van der Waals surface area contributed by atoms with Gasteiger partial charge in [0.2, 0.25) is 5.91 Å². The number of hydrogen-bond donors (Lipinski definition) is 1. The zero-order valence-corrected chi connectivity index (χ0v) is 16.9. The van der Waals surface area contributed by atoms with Crippen molar-refractivity contribution < 1.29 is 14.3 Å². The first kappa shape index (κ1) is 19.3. The molecule has 1 aliphatic rings. The standard InChI is InChI=1S/C22H22ClN3O3/c1-29-22(28)24-19(11-15-5-3-2-4-6-15)21(27)25-9-10-26-18(14-25)13-16-12-17(23)7-8-20(16)26/h2-8,12-13,19H,9-11,14H2,1H3,(H,24,28). The smallest absolute Gasteiger partial charge is 0.407 e. The Morgan fingerprint density at radius 2 is 1.93 bits per heavy atom. The highest BCUT2D eigenvalue weighted by Gasteiger charge is 2.29. The molecule has 1 aromatic heterocycles. The normalized spacial score (nSPS) is 14.3. The lowest BCUT2D eigenvalue weighted by Crippen LogP contribution is -2.51. The van der Waals surface area contributed by atoms with E-state index in [9.17, 15) is 9.59 Å². The summed E-state index contributed by atoms with van der Waals surface area (Å²) in [6, 6.07) is 16.8. The van der Waals surface area contributed by atoms with Crippen LogP contribution in [0.25, 0.3) is 10.9 Å². The van der Waals surface area contributed by atoms with E-state index in [0.717, 1.165) is 22.2 Å². The number of ether oxygens (including phenoxy) is 1. The minimum Gasteiger partial charge on any atom is -0.453 e. The fourth-order valence-corrected chi connectivity index (χ4v) is 4.03. The molecule has 1 N–H and O–H groups in total. The van der Waals surface area contributed by atoms with Crippen LogP contribution in [-0.4, -0.2) is 41.2 Å². The number of nitrogens with one attached hydrogen (secondary N) is 1. The van der Waals surface area contributed by atoms with Gasteiger partial charge >= 0.3 is 6.09 Å². The maximum atomic E-state index is 13.3. The molecular weight excluding hydrogens is 390 g/mol. The molecule has 1 atom stereocenters. The second kappa shape index (κ2) is 8.17. The van der Waals surface area contributed by atoms with Crippen molar-refractivity contribution >= 4 is 34.5 Å². The van der Waals surface area contributed by atoms with Crippen LogP contribution < -0.4 is 5.32 Å². The Morgan fingerprint density at radius 1 is 1.14 bits per heavy atom. The van der Waals surface area contributed by atoms with Crippen molar-refractivity contribution in [2.75, 3.05) is 13.7 Å². The number of rotatable bonds is 4. The highest BCUT2D eigenvalue weighted by molar-refractivity contribution is 6.31. The summed E-state index contributed by atoms with van der Waals surface area (Å²) in [4.78, 5) is 26.9. The Hall–Kier alpha value is -2.99. The van der Waals surface area contributed by atoms with Gasteiger partial charge in [0.05, 0.1) is 13.7 Å². The zero-order chi connectivity index (χ0) is 20.4. The molecule has 1 unspecified atom stereocenters. The number of nitrogens with zero attached hydrogens (tertiary/aromatic N) is 2. The number of amides is 2. The Kier molecular flexibility index (Phi) is 5.45. The molecule has 0 aliphatic carbocycles. The lowest BCUT2D eigenvalue weighted by atomic mass is 10.0. The molecule has 0 bridgehead atoms. The summed E-state index contributed by atoms with van der Waals surface area (Å²) in [6.07, 6.45) is -0.204. The summed E-state index contributed by atoms with van der Waals surface area (Å²) in [5, 5.41) is 4.45. The lowest BCUT2D eigenvalue weighted by molar-refractivity contribution is -0.134. The van der Waals surface area contributed by atoms with Crippen LogP contribution in [0.1, 0.15) is 11.3 Å². The molecule has 3 aromatic rings. The average Bonchev–Trinajstić information content (AvgIpc) is 3.09. The van der Waals surface area contributed by atoms with Crippen LogP contribution in [0.15, 0.2) is 54.6 Å². The molecule has 150 valence electrons. The number of carbonyl (C=O) groups is 2. The van der Waals surface area contributed by atoms with Crippen molar-refractivity contribution in [2.45, 2.75) is 25.6 Å². The van der Waals surface area contributed by atoms with Crippen LogP contribution in [0.3, 0.4) is 0 Å². The molecule has 7 heteroatoms. The van der Waals surface area contributed by atoms with Crippen LogP contribution in [0.4, 0.5) is 4.79 Å². The van der Waals surface area contributed by atoms with E-state index in [-0.39, 0.29) is 5.91 Å². The average molecular weight is 412 g/mol. The molecule has 2 aromatic carbocycles. The molecule has 2 heterocycles. The number of halogens is 1. The molecule has 4 rings (SSSR count). The molecule has 0 spiro atoms. The van der Waals surface area contributed by atoms with E-state index in [1.54, 1.807) is 4.90 Å². The van der Waals surface area contributed by atoms with E-state index in [4.69, 9.17) is 16.3 Å². The molecule has 6 nitrogen and oxygen atoms in total. The second-order valence-electron chi connectivity index (χ2n) is 7.13. The van der Waals surface area contributed by atoms with Gasteiger partial charge in [-0.2, -0.15) is 0 Å². The number of carbonyl (C=O) groups excluding carboxylic acids is 2. The van der Waals surface area contributed by atoms with Gasteiger partial charge < -0.3 is 19.5 Å². The van der Waals surface area contributed by atoms with Gasteiger partial charge in [-0.25, -0.2) is 4.79 Å². The van der Waals surface area contributed by atoms with Crippen LogP contribution in [0.5, 0.6) is 0 Å². The van der Waals surface area contributed by atoms with Gasteiger partial charge in [-0.1, -0.05) is 41.9 Å². The molecule has 1 aliphatic heterocycles. The van der Waals surface area contributed by atoms with Crippen molar-refractivity contribution in [2.24, 2.45) is 0 Å². The monoisotopic (exact) mass is 411 g/mol. The number of methoxy groups -OCH3 is 1. The first-order valence-electron chi connectivity index (χ1n) is 9.50. The molecular formula is C22H22ClN3O3. The fourth-order valence-electron chi connectivity index (χ4n) is 3.85. The number of benzene rings is 2. The summed E-state index contributed by atoms with van der Waals surface area (Å²) in [7, 11) is 1.30. The van der Waals surface area contributed by atoms with E-state index in [2.05, 4.69) is 16.0 Å². The minimum absolute atomic E-state index is 0.117. The van der Waals surface area contributed by atoms with Crippen molar-refractivity contribution in [1.82, 2.24) is 14.8 Å². The molecule has 2 amide bonds. The van der Waals surface area contributed by atoms with E-state index in [1.807, 2.05) is 48.5 Å². The van der Waals surface area contributed by atoms with Gasteiger partial charge in [0.25, 0.3) is 0 Å². The van der Waals surface area contributed by atoms with Crippen molar-refractivity contribution in [1.29, 1.82) is 0 Å². The number of fused-ring (bicyclic) bond motifs is 3. The van der Waals surface area contributed by atoms with E-state index in [1.165, 1.54) is 7.11 Å². The molecule has 0 saturated heterocycles. The van der Waals surface area contributed by atoms with Gasteiger partial charge in [0.15, 0.2) is 0 Å². The van der Waals surface area contributed by atoms with Crippen molar-refractivity contribution in [3.8, 4) is 0 Å². The number of hydrogen-bond acceptors (Lipinski definition) is 3. The number of aromatic nitrogens is 1. The second-order valence-corrected chi connectivity index (χ2v) is 7.56. The van der Waals surface area contributed by atoms with Crippen LogP contribution in [0.2, 0.25) is 5.02 Å². The van der Waals surface area contributed by atoms with Crippen LogP contribution >= 0.6 is 11.6 Å². The van der Waals surface area contributed by atoms with E-state index < -0.39 is 12.1 Å². The number of alkyl carbamates (subject to hydrolysis) is 1. The van der Waals surface area contributed by atoms with Gasteiger partial charge in [0.1, 0.15) is 6.04 Å². The Bertz CT molecular complexity index is 1050. The predicted octanol–water partition coefficient (Wildman–Crippen LogP) is 3.60. The quantitative estimate of drug-likeness (QED) is 0.713. The molecule has 0 saturated carbocycles. The third-order valence-electron chi connectivity index (χ3n) is 5.27. The largest absolute Gasteiger partial charge is 0.453 e. The highest BCUT2D eigenvalue weighted by atomic mass is 35.5.